The normalized spacial score (nSPS) is 25.0. The van der Waals surface area contributed by atoms with E-state index in [1.807, 2.05) is 31.2 Å². The second-order valence-electron chi connectivity index (χ2n) is 5.76. The van der Waals surface area contributed by atoms with E-state index in [4.69, 9.17) is 0 Å². The molecule has 1 aromatic rings. The Morgan fingerprint density at radius 3 is 2.75 bits per heavy atom. The van der Waals surface area contributed by atoms with E-state index in [0.29, 0.717) is 6.54 Å². The van der Waals surface area contributed by atoms with E-state index >= 15 is 0 Å². The fraction of sp³-hybridized carbons (Fsp3) is 0.533. The minimum absolute atomic E-state index is 0.164. The third kappa shape index (κ3) is 2.17. The lowest BCUT2D eigenvalue weighted by molar-refractivity contribution is -0.0135. The summed E-state index contributed by atoms with van der Waals surface area (Å²) in [7, 11) is 0. The summed E-state index contributed by atoms with van der Waals surface area (Å²) in [5.41, 5.74) is 1.73. The summed E-state index contributed by atoms with van der Waals surface area (Å²) in [5.74, 6) is 0. The molecule has 20 heavy (non-hydrogen) atoms. The van der Waals surface area contributed by atoms with Crippen molar-refractivity contribution in [2.75, 3.05) is 13.1 Å². The van der Waals surface area contributed by atoms with Crippen LogP contribution in [0, 0.1) is 6.92 Å². The van der Waals surface area contributed by atoms with E-state index in [1.165, 1.54) is 0 Å². The zero-order valence-electron chi connectivity index (χ0n) is 11.7. The van der Waals surface area contributed by atoms with Gasteiger partial charge in [0, 0.05) is 0 Å². The Morgan fingerprint density at radius 1 is 1.35 bits per heavy atom. The predicted molar refractivity (Wildman–Crippen MR) is 76.1 cm³/mol. The van der Waals surface area contributed by atoms with Crippen molar-refractivity contribution in [2.24, 2.45) is 0 Å². The molecule has 1 atom stereocenters. The van der Waals surface area contributed by atoms with Gasteiger partial charge in [-0.15, -0.1) is 0 Å². The number of aliphatic hydroxyl groups excluding tert-OH is 1. The van der Waals surface area contributed by atoms with E-state index in [1.54, 1.807) is 4.90 Å². The van der Waals surface area contributed by atoms with E-state index in [2.05, 4.69) is 10.6 Å². The van der Waals surface area contributed by atoms with Crippen LogP contribution in [-0.4, -0.2) is 40.9 Å². The van der Waals surface area contributed by atoms with Crippen LogP contribution >= 0.6 is 0 Å². The molecule has 2 heterocycles. The molecule has 2 amide bonds. The van der Waals surface area contributed by atoms with Crippen LogP contribution in [0.15, 0.2) is 24.3 Å². The minimum atomic E-state index is -0.753. The fourth-order valence-corrected chi connectivity index (χ4v) is 3.14. The second-order valence-corrected chi connectivity index (χ2v) is 5.76. The van der Waals surface area contributed by atoms with Gasteiger partial charge in [-0.3, -0.25) is 4.90 Å². The van der Waals surface area contributed by atoms with E-state index in [9.17, 15) is 9.90 Å². The average molecular weight is 275 g/mol. The van der Waals surface area contributed by atoms with Crippen molar-refractivity contribution in [3.63, 3.8) is 0 Å². The molecule has 0 bridgehead atoms. The maximum Gasteiger partial charge on any atom is 0.320 e. The molecule has 1 spiro atoms. The zero-order chi connectivity index (χ0) is 14.2. The van der Waals surface area contributed by atoms with E-state index in [0.717, 1.165) is 37.1 Å². The number of aliphatic hydroxyl groups is 1. The van der Waals surface area contributed by atoms with Crippen molar-refractivity contribution in [2.45, 2.75) is 38.1 Å². The standard InChI is InChI=1S/C15H21N3O2/c1-11-4-2-3-5-12(11)10-18-13(19)15(17-14(18)20)6-8-16-9-7-15/h2-5,13,16,19H,6-10H2,1H3,(H,17,20). The Hall–Kier alpha value is -1.59. The zero-order valence-corrected chi connectivity index (χ0v) is 11.7. The second kappa shape index (κ2) is 5.07. The van der Waals surface area contributed by atoms with Crippen molar-refractivity contribution in [1.29, 1.82) is 0 Å². The molecule has 0 radical (unpaired) electrons. The molecular weight excluding hydrogens is 254 g/mol. The summed E-state index contributed by atoms with van der Waals surface area (Å²) < 4.78 is 0. The molecule has 3 N–H and O–H groups in total. The summed E-state index contributed by atoms with van der Waals surface area (Å²) in [6, 6.07) is 7.80. The van der Waals surface area contributed by atoms with Crippen LogP contribution in [0.25, 0.3) is 0 Å². The molecular formula is C15H21N3O2. The van der Waals surface area contributed by atoms with Crippen LogP contribution in [0.5, 0.6) is 0 Å². The highest BCUT2D eigenvalue weighted by Crippen LogP contribution is 2.31. The van der Waals surface area contributed by atoms with Gasteiger partial charge in [0.1, 0.15) is 0 Å². The van der Waals surface area contributed by atoms with Gasteiger partial charge in [0.2, 0.25) is 0 Å². The topological polar surface area (TPSA) is 64.6 Å². The molecule has 0 aromatic heterocycles. The quantitative estimate of drug-likeness (QED) is 0.753. The number of hydrogen-bond donors (Lipinski definition) is 3. The highest BCUT2D eigenvalue weighted by molar-refractivity contribution is 5.78. The van der Waals surface area contributed by atoms with Gasteiger partial charge in [-0.1, -0.05) is 24.3 Å². The van der Waals surface area contributed by atoms with Crippen molar-refractivity contribution in [3.05, 3.63) is 35.4 Å². The Morgan fingerprint density at radius 2 is 2.05 bits per heavy atom. The maximum absolute atomic E-state index is 12.2. The number of carbonyl (C=O) groups excluding carboxylic acids is 1. The van der Waals surface area contributed by atoms with Gasteiger partial charge in [-0.2, -0.15) is 0 Å². The smallest absolute Gasteiger partial charge is 0.320 e. The highest BCUT2D eigenvalue weighted by Gasteiger charge is 2.50. The first kappa shape index (κ1) is 13.4. The molecule has 2 aliphatic heterocycles. The Bertz CT molecular complexity index is 512. The highest BCUT2D eigenvalue weighted by atomic mass is 16.3. The number of benzene rings is 1. The third-order valence-electron chi connectivity index (χ3n) is 4.50. The molecule has 2 aliphatic rings. The van der Waals surface area contributed by atoms with E-state index < -0.39 is 11.8 Å². The number of carbonyl (C=O) groups is 1. The molecule has 2 saturated heterocycles. The lowest BCUT2D eigenvalue weighted by atomic mass is 9.87. The number of hydrogen-bond acceptors (Lipinski definition) is 3. The van der Waals surface area contributed by atoms with Crippen LogP contribution in [0.1, 0.15) is 24.0 Å². The molecule has 5 heteroatoms. The van der Waals surface area contributed by atoms with Crippen LogP contribution in [-0.2, 0) is 6.54 Å². The van der Waals surface area contributed by atoms with Crippen molar-refractivity contribution in [1.82, 2.24) is 15.5 Å². The summed E-state index contributed by atoms with van der Waals surface area (Å²) in [6.07, 6.45) is 0.783. The Labute approximate surface area is 119 Å². The Balaban J connectivity index is 1.80. The van der Waals surface area contributed by atoms with Crippen LogP contribution in [0.4, 0.5) is 4.79 Å². The Kier molecular flexibility index (Phi) is 3.40. The lowest BCUT2D eigenvalue weighted by Gasteiger charge is -2.36. The first-order chi connectivity index (χ1) is 9.62. The summed E-state index contributed by atoms with van der Waals surface area (Å²) in [5, 5.41) is 16.9. The maximum atomic E-state index is 12.2. The number of amides is 2. The monoisotopic (exact) mass is 275 g/mol. The van der Waals surface area contributed by atoms with Crippen LogP contribution < -0.4 is 10.6 Å². The minimum Gasteiger partial charge on any atom is -0.371 e. The number of piperidine rings is 1. The summed E-state index contributed by atoms with van der Waals surface area (Å²) in [4.78, 5) is 13.8. The predicted octanol–water partition coefficient (Wildman–Crippen LogP) is 0.961. The number of aryl methyl sites for hydroxylation is 1. The van der Waals surface area contributed by atoms with Gasteiger partial charge in [-0.25, -0.2) is 4.79 Å². The van der Waals surface area contributed by atoms with Gasteiger partial charge in [0.25, 0.3) is 0 Å². The van der Waals surface area contributed by atoms with Gasteiger partial charge in [0.05, 0.1) is 12.1 Å². The first-order valence-electron chi connectivity index (χ1n) is 7.14. The van der Waals surface area contributed by atoms with Crippen LogP contribution in [0.3, 0.4) is 0 Å². The van der Waals surface area contributed by atoms with Crippen LogP contribution in [0.2, 0.25) is 0 Å². The largest absolute Gasteiger partial charge is 0.371 e. The van der Waals surface area contributed by atoms with Gasteiger partial charge in [-0.05, 0) is 44.0 Å². The first-order valence-corrected chi connectivity index (χ1v) is 7.14. The molecule has 0 saturated carbocycles. The van der Waals surface area contributed by atoms with Crippen molar-refractivity contribution >= 4 is 6.03 Å². The molecule has 1 unspecified atom stereocenters. The number of nitrogens with zero attached hydrogens (tertiary/aromatic N) is 1. The third-order valence-corrected chi connectivity index (χ3v) is 4.50. The SMILES string of the molecule is Cc1ccccc1CN1C(=O)NC2(CCNCC2)C1O. The van der Waals surface area contributed by atoms with E-state index in [-0.39, 0.29) is 6.03 Å². The molecule has 0 aliphatic carbocycles. The molecule has 2 fully saturated rings. The molecule has 1 aromatic carbocycles. The van der Waals surface area contributed by atoms with Crippen molar-refractivity contribution < 1.29 is 9.90 Å². The number of nitrogens with one attached hydrogen (secondary N) is 2. The van der Waals surface area contributed by atoms with Gasteiger partial charge < -0.3 is 15.7 Å². The average Bonchev–Trinajstić information content (AvgIpc) is 2.66. The van der Waals surface area contributed by atoms with Gasteiger partial charge >= 0.3 is 6.03 Å². The molecule has 3 rings (SSSR count). The number of urea groups is 1. The number of rotatable bonds is 2. The molecule has 5 nitrogen and oxygen atoms in total. The lowest BCUT2D eigenvalue weighted by Crippen LogP contribution is -2.56. The fourth-order valence-electron chi connectivity index (χ4n) is 3.14. The molecule has 108 valence electrons. The summed E-state index contributed by atoms with van der Waals surface area (Å²) >= 11 is 0. The van der Waals surface area contributed by atoms with Crippen molar-refractivity contribution in [3.8, 4) is 0 Å². The summed E-state index contributed by atoms with van der Waals surface area (Å²) in [6.45, 7) is 4.13. The van der Waals surface area contributed by atoms with Gasteiger partial charge in [0.15, 0.2) is 6.23 Å².